The Labute approximate surface area is 150 Å². The zero-order chi connectivity index (χ0) is 18.3. The molecule has 4 rings (SSSR count). The first-order valence-electron chi connectivity index (χ1n) is 8.89. The lowest BCUT2D eigenvalue weighted by Crippen LogP contribution is -2.69. The predicted molar refractivity (Wildman–Crippen MR) is 88.7 cm³/mol. The Kier molecular flexibility index (Phi) is 4.58. The van der Waals surface area contributed by atoms with E-state index in [0.717, 1.165) is 12.1 Å². The van der Waals surface area contributed by atoms with Crippen molar-refractivity contribution in [1.82, 2.24) is 4.90 Å². The Morgan fingerprint density at radius 2 is 2.04 bits per heavy atom. The molecule has 3 aliphatic heterocycles. The molecule has 1 aromatic rings. The van der Waals surface area contributed by atoms with E-state index in [4.69, 9.17) is 9.47 Å². The number of carbonyl (C=O) groups is 1. The number of fused-ring (bicyclic) bond motifs is 3. The van der Waals surface area contributed by atoms with Crippen LogP contribution in [0, 0.1) is 23.5 Å². The number of nitrogens with zero attached hydrogens (tertiary/aromatic N) is 1. The number of aliphatic hydroxyl groups is 1. The summed E-state index contributed by atoms with van der Waals surface area (Å²) in [5.41, 5.74) is -0.708. The van der Waals surface area contributed by atoms with Crippen LogP contribution in [0.4, 0.5) is 19.3 Å². The molecule has 3 aliphatic rings. The summed E-state index contributed by atoms with van der Waals surface area (Å²) in [6, 6.07) is 2.71. The first-order chi connectivity index (χ1) is 12.5. The minimum absolute atomic E-state index is 0.159. The van der Waals surface area contributed by atoms with Crippen LogP contribution in [0.2, 0.25) is 0 Å². The standard InChI is InChI=1S/C18H22F2N2O4/c19-14-2-1-12(7-15(14)20)21-17(23)22-8-11-9-26-6-4-18(11,24)13-10-25-5-3-16(13)22/h1-2,7,11,13,16,24H,3-6,8-10H2,(H,21,23)/t11-,13+,16-,18-/m0/s1. The van der Waals surface area contributed by atoms with Crippen LogP contribution in [0.5, 0.6) is 0 Å². The van der Waals surface area contributed by atoms with Gasteiger partial charge in [-0.2, -0.15) is 0 Å². The van der Waals surface area contributed by atoms with Crippen molar-refractivity contribution in [1.29, 1.82) is 0 Å². The van der Waals surface area contributed by atoms with Gasteiger partial charge in [-0.05, 0) is 18.6 Å². The van der Waals surface area contributed by atoms with E-state index in [9.17, 15) is 18.7 Å². The molecule has 4 atom stereocenters. The summed E-state index contributed by atoms with van der Waals surface area (Å²) >= 11 is 0. The highest BCUT2D eigenvalue weighted by molar-refractivity contribution is 5.89. The van der Waals surface area contributed by atoms with Gasteiger partial charge < -0.3 is 24.8 Å². The number of amides is 2. The number of halogens is 2. The zero-order valence-electron chi connectivity index (χ0n) is 14.3. The summed E-state index contributed by atoms with van der Waals surface area (Å²) < 4.78 is 37.6. The quantitative estimate of drug-likeness (QED) is 0.795. The number of urea groups is 1. The first kappa shape index (κ1) is 17.6. The molecule has 0 aliphatic carbocycles. The van der Waals surface area contributed by atoms with Gasteiger partial charge in [0.05, 0.1) is 18.8 Å². The fourth-order valence-corrected chi connectivity index (χ4v) is 4.46. The molecule has 0 spiro atoms. The lowest BCUT2D eigenvalue weighted by molar-refractivity contribution is -0.211. The molecule has 0 saturated carbocycles. The number of piperidine rings is 1. The molecular weight excluding hydrogens is 346 g/mol. The largest absolute Gasteiger partial charge is 0.389 e. The average Bonchev–Trinajstić information content (AvgIpc) is 2.64. The van der Waals surface area contributed by atoms with Crippen LogP contribution < -0.4 is 5.32 Å². The smallest absolute Gasteiger partial charge is 0.322 e. The van der Waals surface area contributed by atoms with Gasteiger partial charge in [0, 0.05) is 55.8 Å². The number of carbonyl (C=O) groups excluding carboxylic acids is 1. The zero-order valence-corrected chi connectivity index (χ0v) is 14.3. The van der Waals surface area contributed by atoms with Crippen molar-refractivity contribution in [3.8, 4) is 0 Å². The highest BCUT2D eigenvalue weighted by atomic mass is 19.2. The molecule has 0 radical (unpaired) electrons. The molecule has 3 fully saturated rings. The van der Waals surface area contributed by atoms with E-state index in [1.807, 2.05) is 0 Å². The topological polar surface area (TPSA) is 71.0 Å². The summed E-state index contributed by atoms with van der Waals surface area (Å²) in [5, 5.41) is 13.9. The molecule has 2 N–H and O–H groups in total. The van der Waals surface area contributed by atoms with Crippen molar-refractivity contribution in [3.63, 3.8) is 0 Å². The second kappa shape index (κ2) is 6.75. The highest BCUT2D eigenvalue weighted by Gasteiger charge is 2.56. The third-order valence-corrected chi connectivity index (χ3v) is 5.88. The normalized spacial score (nSPS) is 34.0. The number of hydrogen-bond donors (Lipinski definition) is 2. The van der Waals surface area contributed by atoms with Crippen LogP contribution in [0.1, 0.15) is 12.8 Å². The van der Waals surface area contributed by atoms with E-state index >= 15 is 0 Å². The van der Waals surface area contributed by atoms with Crippen molar-refractivity contribution < 1.29 is 28.2 Å². The number of benzene rings is 1. The molecule has 3 saturated heterocycles. The van der Waals surface area contributed by atoms with Crippen LogP contribution in [0.3, 0.4) is 0 Å². The molecule has 2 amide bonds. The third kappa shape index (κ3) is 2.95. The minimum atomic E-state index is -1.01. The van der Waals surface area contributed by atoms with Gasteiger partial charge in [-0.1, -0.05) is 0 Å². The van der Waals surface area contributed by atoms with Gasteiger partial charge in [-0.15, -0.1) is 0 Å². The fourth-order valence-electron chi connectivity index (χ4n) is 4.46. The van der Waals surface area contributed by atoms with Crippen LogP contribution in [0.25, 0.3) is 0 Å². The van der Waals surface area contributed by atoms with E-state index in [1.165, 1.54) is 6.07 Å². The van der Waals surface area contributed by atoms with E-state index < -0.39 is 17.2 Å². The summed E-state index contributed by atoms with van der Waals surface area (Å²) in [5.74, 6) is -2.36. The Hall–Kier alpha value is -1.77. The molecule has 0 bridgehead atoms. The number of nitrogens with one attached hydrogen (secondary N) is 1. The number of anilines is 1. The average molecular weight is 368 g/mol. The van der Waals surface area contributed by atoms with Gasteiger partial charge in [0.1, 0.15) is 0 Å². The van der Waals surface area contributed by atoms with E-state index in [-0.39, 0.29) is 29.6 Å². The Bertz CT molecular complexity index is 704. The van der Waals surface area contributed by atoms with E-state index in [0.29, 0.717) is 45.8 Å². The molecule has 26 heavy (non-hydrogen) atoms. The van der Waals surface area contributed by atoms with Crippen LogP contribution in [0.15, 0.2) is 18.2 Å². The van der Waals surface area contributed by atoms with Crippen molar-refractivity contribution >= 4 is 11.7 Å². The van der Waals surface area contributed by atoms with Gasteiger partial charge in [0.15, 0.2) is 11.6 Å². The van der Waals surface area contributed by atoms with Crippen LogP contribution >= 0.6 is 0 Å². The number of rotatable bonds is 1. The maximum Gasteiger partial charge on any atom is 0.322 e. The van der Waals surface area contributed by atoms with Crippen molar-refractivity contribution in [2.75, 3.05) is 38.3 Å². The highest BCUT2D eigenvalue weighted by Crippen LogP contribution is 2.44. The number of hydrogen-bond acceptors (Lipinski definition) is 4. The molecule has 3 heterocycles. The van der Waals surface area contributed by atoms with Crippen LogP contribution in [-0.2, 0) is 9.47 Å². The lowest BCUT2D eigenvalue weighted by atomic mass is 9.66. The van der Waals surface area contributed by atoms with E-state index in [2.05, 4.69) is 5.32 Å². The van der Waals surface area contributed by atoms with Gasteiger partial charge in [0.2, 0.25) is 0 Å². The summed E-state index contributed by atoms with van der Waals surface area (Å²) in [6.45, 7) is 2.15. The Morgan fingerprint density at radius 3 is 2.85 bits per heavy atom. The third-order valence-electron chi connectivity index (χ3n) is 5.88. The maximum absolute atomic E-state index is 13.4. The molecule has 0 aromatic heterocycles. The molecule has 8 heteroatoms. The van der Waals surface area contributed by atoms with Gasteiger partial charge in [0.25, 0.3) is 0 Å². The summed E-state index contributed by atoms with van der Waals surface area (Å²) in [4.78, 5) is 14.5. The van der Waals surface area contributed by atoms with Crippen LogP contribution in [-0.4, -0.2) is 60.7 Å². The van der Waals surface area contributed by atoms with Gasteiger partial charge in [-0.25, -0.2) is 13.6 Å². The summed E-state index contributed by atoms with van der Waals surface area (Å²) in [6.07, 6.45) is 1.16. The van der Waals surface area contributed by atoms with Gasteiger partial charge in [-0.3, -0.25) is 0 Å². The molecule has 1 aromatic carbocycles. The monoisotopic (exact) mass is 368 g/mol. The fraction of sp³-hybridized carbons (Fsp3) is 0.611. The maximum atomic E-state index is 13.4. The SMILES string of the molecule is O=C(Nc1ccc(F)c(F)c1)N1C[C@H]2COCC[C@@]2(O)[C@@H]2COCC[C@@H]21. The number of likely N-dealkylation sites (tertiary alicyclic amines) is 1. The Balaban J connectivity index is 1.56. The Morgan fingerprint density at radius 1 is 1.23 bits per heavy atom. The second-order valence-electron chi connectivity index (χ2n) is 7.26. The molecule has 0 unspecified atom stereocenters. The lowest BCUT2D eigenvalue weighted by Gasteiger charge is -2.56. The van der Waals surface area contributed by atoms with Crippen molar-refractivity contribution in [2.24, 2.45) is 11.8 Å². The van der Waals surface area contributed by atoms with E-state index in [1.54, 1.807) is 4.90 Å². The number of ether oxygens (including phenoxy) is 2. The molecule has 142 valence electrons. The van der Waals surface area contributed by atoms with Crippen molar-refractivity contribution in [3.05, 3.63) is 29.8 Å². The van der Waals surface area contributed by atoms with Crippen molar-refractivity contribution in [2.45, 2.75) is 24.5 Å². The first-order valence-corrected chi connectivity index (χ1v) is 8.89. The predicted octanol–water partition coefficient (Wildman–Crippen LogP) is 1.98. The minimum Gasteiger partial charge on any atom is -0.389 e. The molecular formula is C18H22F2N2O4. The van der Waals surface area contributed by atoms with Gasteiger partial charge >= 0.3 is 6.03 Å². The second-order valence-corrected chi connectivity index (χ2v) is 7.26. The molecule has 6 nitrogen and oxygen atoms in total. The summed E-state index contributed by atoms with van der Waals surface area (Å²) in [7, 11) is 0.